The van der Waals surface area contributed by atoms with Crippen LogP contribution >= 0.6 is 0 Å². The van der Waals surface area contributed by atoms with E-state index in [0.29, 0.717) is 50.9 Å². The van der Waals surface area contributed by atoms with Crippen LogP contribution in [0.3, 0.4) is 0 Å². The number of ether oxygens (including phenoxy) is 1. The number of piperidine rings is 1. The lowest BCUT2D eigenvalue weighted by molar-refractivity contribution is 0.122. The summed E-state index contributed by atoms with van der Waals surface area (Å²) in [6, 6.07) is 9.99. The molecule has 1 aliphatic rings. The predicted molar refractivity (Wildman–Crippen MR) is 102 cm³/mol. The number of hydrogen-bond acceptors (Lipinski definition) is 6. The lowest BCUT2D eigenvalue weighted by atomic mass is 10.00. The van der Waals surface area contributed by atoms with Crippen molar-refractivity contribution in [3.8, 4) is 0 Å². The van der Waals surface area contributed by atoms with E-state index >= 15 is 0 Å². The van der Waals surface area contributed by atoms with E-state index in [1.54, 1.807) is 4.31 Å². The summed E-state index contributed by atoms with van der Waals surface area (Å²) in [5.74, 6) is 1.29. The van der Waals surface area contributed by atoms with Gasteiger partial charge in [0.15, 0.2) is 5.82 Å². The summed E-state index contributed by atoms with van der Waals surface area (Å²) in [4.78, 5) is 4.46. The first-order chi connectivity index (χ1) is 13.1. The Hall–Kier alpha value is -1.77. The van der Waals surface area contributed by atoms with Crippen LogP contribution in [0.4, 0.5) is 0 Å². The van der Waals surface area contributed by atoms with Gasteiger partial charge < -0.3 is 9.26 Å². The molecule has 2 aromatic rings. The monoisotopic (exact) mass is 393 g/mol. The number of sulfonamides is 1. The molecule has 7 nitrogen and oxygen atoms in total. The van der Waals surface area contributed by atoms with Crippen LogP contribution in [0.5, 0.6) is 0 Å². The largest absolute Gasteiger partial charge is 0.376 e. The van der Waals surface area contributed by atoms with Crippen LogP contribution in [0, 0.1) is 0 Å². The summed E-state index contributed by atoms with van der Waals surface area (Å²) in [7, 11) is -3.19. The van der Waals surface area contributed by atoms with E-state index in [2.05, 4.69) is 10.1 Å². The average Bonchev–Trinajstić information content (AvgIpc) is 3.15. The molecule has 1 unspecified atom stereocenters. The number of benzene rings is 1. The lowest BCUT2D eigenvalue weighted by Crippen LogP contribution is -2.40. The van der Waals surface area contributed by atoms with Gasteiger partial charge in [0.25, 0.3) is 0 Å². The molecule has 8 heteroatoms. The zero-order valence-electron chi connectivity index (χ0n) is 15.7. The SMILES string of the molecule is CCCS(=O)(=O)N1CCCC(c2nc(CCOCc3ccccc3)no2)C1. The standard InChI is InChI=1S/C19H27N3O4S/c1-2-13-27(23,24)22-11-6-9-17(14-22)19-20-18(21-26-19)10-12-25-15-16-7-4-3-5-8-16/h3-5,7-8,17H,2,6,9-15H2,1H3. The maximum atomic E-state index is 12.3. The molecule has 1 aliphatic heterocycles. The third-order valence-electron chi connectivity index (χ3n) is 4.65. The minimum atomic E-state index is -3.19. The fraction of sp³-hybridized carbons (Fsp3) is 0.579. The van der Waals surface area contributed by atoms with Gasteiger partial charge in [0, 0.05) is 19.5 Å². The molecule has 3 rings (SSSR count). The molecule has 1 atom stereocenters. The van der Waals surface area contributed by atoms with Crippen LogP contribution in [0.2, 0.25) is 0 Å². The van der Waals surface area contributed by atoms with E-state index in [9.17, 15) is 8.42 Å². The molecule has 0 bridgehead atoms. The Bertz CT molecular complexity index is 807. The highest BCUT2D eigenvalue weighted by atomic mass is 32.2. The van der Waals surface area contributed by atoms with Crippen LogP contribution in [-0.4, -0.2) is 48.3 Å². The summed E-state index contributed by atoms with van der Waals surface area (Å²) in [6.45, 7) is 3.94. The van der Waals surface area contributed by atoms with E-state index in [-0.39, 0.29) is 11.7 Å². The van der Waals surface area contributed by atoms with Gasteiger partial charge in [0.2, 0.25) is 15.9 Å². The van der Waals surface area contributed by atoms with Crippen LogP contribution in [0.1, 0.15) is 49.4 Å². The van der Waals surface area contributed by atoms with Crippen molar-refractivity contribution in [2.75, 3.05) is 25.4 Å². The minimum Gasteiger partial charge on any atom is -0.376 e. The van der Waals surface area contributed by atoms with Crippen molar-refractivity contribution >= 4 is 10.0 Å². The fourth-order valence-corrected chi connectivity index (χ4v) is 4.83. The van der Waals surface area contributed by atoms with Gasteiger partial charge in [0.1, 0.15) is 0 Å². The molecule has 1 aromatic carbocycles. The molecule has 1 aromatic heterocycles. The summed E-state index contributed by atoms with van der Waals surface area (Å²) in [6.07, 6.45) is 2.87. The van der Waals surface area contributed by atoms with Gasteiger partial charge in [-0.25, -0.2) is 12.7 Å². The van der Waals surface area contributed by atoms with Gasteiger partial charge in [0.05, 0.1) is 24.9 Å². The zero-order valence-corrected chi connectivity index (χ0v) is 16.5. The van der Waals surface area contributed by atoms with Gasteiger partial charge in [-0.1, -0.05) is 42.4 Å². The fourth-order valence-electron chi connectivity index (χ4n) is 3.25. The van der Waals surface area contributed by atoms with Gasteiger partial charge in [-0.2, -0.15) is 4.98 Å². The molecule has 148 valence electrons. The van der Waals surface area contributed by atoms with Crippen molar-refractivity contribution in [3.05, 3.63) is 47.6 Å². The summed E-state index contributed by atoms with van der Waals surface area (Å²) in [5.41, 5.74) is 1.13. The van der Waals surface area contributed by atoms with Crippen molar-refractivity contribution in [1.82, 2.24) is 14.4 Å². The van der Waals surface area contributed by atoms with Crippen molar-refractivity contribution in [2.24, 2.45) is 0 Å². The zero-order chi connectivity index (χ0) is 19.1. The smallest absolute Gasteiger partial charge is 0.231 e. The molecule has 0 amide bonds. The molecular weight excluding hydrogens is 366 g/mol. The first kappa shape index (κ1) is 20.0. The Labute approximate surface area is 160 Å². The molecule has 1 saturated heterocycles. The normalized spacial score (nSPS) is 18.6. The molecule has 27 heavy (non-hydrogen) atoms. The van der Waals surface area contributed by atoms with Gasteiger partial charge in [-0.3, -0.25) is 0 Å². The van der Waals surface area contributed by atoms with Crippen LogP contribution in [0.15, 0.2) is 34.9 Å². The highest BCUT2D eigenvalue weighted by Gasteiger charge is 2.31. The minimum absolute atomic E-state index is 0.0307. The third kappa shape index (κ3) is 5.60. The summed E-state index contributed by atoms with van der Waals surface area (Å²) >= 11 is 0. The third-order valence-corrected chi connectivity index (χ3v) is 6.70. The quantitative estimate of drug-likeness (QED) is 0.609. The molecule has 0 radical (unpaired) electrons. The van der Waals surface area contributed by atoms with Crippen molar-refractivity contribution in [1.29, 1.82) is 0 Å². The Morgan fingerprint density at radius 1 is 1.30 bits per heavy atom. The highest BCUT2D eigenvalue weighted by Crippen LogP contribution is 2.27. The maximum Gasteiger partial charge on any atom is 0.231 e. The Morgan fingerprint density at radius 3 is 2.89 bits per heavy atom. The van der Waals surface area contributed by atoms with E-state index < -0.39 is 10.0 Å². The second kappa shape index (κ2) is 9.43. The molecule has 0 aliphatic carbocycles. The molecule has 2 heterocycles. The first-order valence-electron chi connectivity index (χ1n) is 9.50. The van der Waals surface area contributed by atoms with Crippen molar-refractivity contribution in [2.45, 2.75) is 45.1 Å². The Balaban J connectivity index is 1.49. The number of nitrogens with zero attached hydrogens (tertiary/aromatic N) is 3. The first-order valence-corrected chi connectivity index (χ1v) is 11.1. The van der Waals surface area contributed by atoms with Crippen molar-refractivity contribution in [3.63, 3.8) is 0 Å². The van der Waals surface area contributed by atoms with E-state index in [0.717, 1.165) is 18.4 Å². The number of rotatable bonds is 9. The molecule has 0 saturated carbocycles. The number of hydrogen-bond donors (Lipinski definition) is 0. The van der Waals surface area contributed by atoms with E-state index in [4.69, 9.17) is 9.26 Å². The number of aromatic nitrogens is 2. The van der Waals surface area contributed by atoms with E-state index in [1.165, 1.54) is 0 Å². The van der Waals surface area contributed by atoms with Gasteiger partial charge in [-0.05, 0) is 24.8 Å². The Kier molecular flexibility index (Phi) is 6.98. The summed E-state index contributed by atoms with van der Waals surface area (Å²) < 4.78 is 37.2. The van der Waals surface area contributed by atoms with E-state index in [1.807, 2.05) is 37.3 Å². The maximum absolute atomic E-state index is 12.3. The second-order valence-corrected chi connectivity index (χ2v) is 8.94. The Morgan fingerprint density at radius 2 is 2.11 bits per heavy atom. The average molecular weight is 394 g/mol. The summed E-state index contributed by atoms with van der Waals surface area (Å²) in [5, 5.41) is 4.03. The molecule has 0 N–H and O–H groups in total. The molecule has 0 spiro atoms. The highest BCUT2D eigenvalue weighted by molar-refractivity contribution is 7.89. The predicted octanol–water partition coefficient (Wildman–Crippen LogP) is 2.75. The second-order valence-electron chi connectivity index (χ2n) is 6.85. The van der Waals surface area contributed by atoms with Gasteiger partial charge in [-0.15, -0.1) is 0 Å². The van der Waals surface area contributed by atoms with Crippen LogP contribution < -0.4 is 0 Å². The van der Waals surface area contributed by atoms with Crippen LogP contribution in [-0.2, 0) is 27.8 Å². The van der Waals surface area contributed by atoms with Crippen LogP contribution in [0.25, 0.3) is 0 Å². The lowest BCUT2D eigenvalue weighted by Gasteiger charge is -2.30. The van der Waals surface area contributed by atoms with Crippen molar-refractivity contribution < 1.29 is 17.7 Å². The molecule has 1 fully saturated rings. The topological polar surface area (TPSA) is 85.5 Å². The van der Waals surface area contributed by atoms with Gasteiger partial charge >= 0.3 is 0 Å². The molecular formula is C19H27N3O4S.